The van der Waals surface area contributed by atoms with Gasteiger partial charge in [0.1, 0.15) is 0 Å². The summed E-state index contributed by atoms with van der Waals surface area (Å²) in [5.41, 5.74) is 0.587. The summed E-state index contributed by atoms with van der Waals surface area (Å²) >= 11 is 1.57. The van der Waals surface area contributed by atoms with Crippen molar-refractivity contribution in [2.75, 3.05) is 18.8 Å². The van der Waals surface area contributed by atoms with E-state index in [1.165, 1.54) is 37.8 Å². The van der Waals surface area contributed by atoms with Gasteiger partial charge in [0.25, 0.3) is 0 Å². The van der Waals surface area contributed by atoms with Crippen LogP contribution in [-0.2, 0) is 17.4 Å². The van der Waals surface area contributed by atoms with Crippen LogP contribution in [0.3, 0.4) is 0 Å². The number of nitrogens with zero attached hydrogens (tertiary/aromatic N) is 1. The third-order valence-electron chi connectivity index (χ3n) is 6.83. The first-order valence-electron chi connectivity index (χ1n) is 11.0. The highest BCUT2D eigenvalue weighted by molar-refractivity contribution is 8.03. The van der Waals surface area contributed by atoms with Gasteiger partial charge in [0, 0.05) is 13.1 Å². The number of hydrogen-bond donors (Lipinski definition) is 1. The first-order valence-corrected chi connectivity index (χ1v) is 12.0. The third kappa shape index (κ3) is 5.30. The summed E-state index contributed by atoms with van der Waals surface area (Å²) in [6.07, 6.45) is 6.03. The van der Waals surface area contributed by atoms with E-state index in [-0.39, 0.29) is 0 Å². The van der Waals surface area contributed by atoms with Crippen molar-refractivity contribution < 1.29 is 23.1 Å². The van der Waals surface area contributed by atoms with Gasteiger partial charge in [-0.25, -0.2) is 4.79 Å². The van der Waals surface area contributed by atoms with Crippen molar-refractivity contribution in [2.24, 2.45) is 17.8 Å². The summed E-state index contributed by atoms with van der Waals surface area (Å²) in [5.74, 6) is 2.13. The average molecular weight is 452 g/mol. The number of fused-ring (bicyclic) bond motifs is 2. The van der Waals surface area contributed by atoms with Crippen molar-refractivity contribution in [2.45, 2.75) is 44.7 Å². The zero-order chi connectivity index (χ0) is 22.0. The maximum Gasteiger partial charge on any atom is 0.416 e. The van der Waals surface area contributed by atoms with Crippen LogP contribution in [0, 0.1) is 17.8 Å². The predicted octanol–water partition coefficient (Wildman–Crippen LogP) is 5.98. The second kappa shape index (κ2) is 9.31. The van der Waals surface area contributed by atoms with Gasteiger partial charge in [-0.05, 0) is 79.4 Å². The fourth-order valence-corrected chi connectivity index (χ4v) is 6.42. The van der Waals surface area contributed by atoms with E-state index in [0.717, 1.165) is 59.8 Å². The normalized spacial score (nSPS) is 25.5. The van der Waals surface area contributed by atoms with Crippen LogP contribution in [0.25, 0.3) is 0 Å². The number of carboxylic acids is 1. The largest absolute Gasteiger partial charge is 0.478 e. The monoisotopic (exact) mass is 451 g/mol. The van der Waals surface area contributed by atoms with Crippen molar-refractivity contribution in [3.8, 4) is 0 Å². The van der Waals surface area contributed by atoms with Gasteiger partial charge in [-0.2, -0.15) is 13.2 Å². The maximum absolute atomic E-state index is 12.7. The molecule has 3 unspecified atom stereocenters. The fourth-order valence-electron chi connectivity index (χ4n) is 5.30. The third-order valence-corrected chi connectivity index (χ3v) is 8.07. The Morgan fingerprint density at radius 1 is 1.16 bits per heavy atom. The van der Waals surface area contributed by atoms with Gasteiger partial charge >= 0.3 is 12.1 Å². The summed E-state index contributed by atoms with van der Waals surface area (Å²) in [6, 6.07) is 5.30. The zero-order valence-electron chi connectivity index (χ0n) is 17.4. The van der Waals surface area contributed by atoms with Crippen LogP contribution in [0.5, 0.6) is 0 Å². The Labute approximate surface area is 185 Å². The molecule has 2 fully saturated rings. The minimum Gasteiger partial charge on any atom is -0.478 e. The van der Waals surface area contributed by atoms with E-state index in [0.29, 0.717) is 17.9 Å². The Kier molecular flexibility index (Phi) is 6.70. The van der Waals surface area contributed by atoms with Crippen molar-refractivity contribution in [1.82, 2.24) is 4.90 Å². The van der Waals surface area contributed by atoms with Crippen LogP contribution < -0.4 is 0 Å². The van der Waals surface area contributed by atoms with Crippen LogP contribution in [0.2, 0.25) is 0 Å². The molecule has 2 bridgehead atoms. The standard InChI is InChI=1S/C24H28F3NO2S/c25-24(26,27)20-9-6-16(7-10-20)3-2-12-31-22-21(23(29)30)4-1-11-28(22)15-19-14-17-5-8-18(19)13-17/h1,4,6-7,9-10,17-19H,2-3,5,8,11-15H2,(H,29,30). The van der Waals surface area contributed by atoms with Crippen LogP contribution in [0.1, 0.15) is 43.2 Å². The number of aryl methyl sites for hydroxylation is 1. The Balaban J connectivity index is 1.34. The molecule has 1 heterocycles. The molecule has 7 heteroatoms. The van der Waals surface area contributed by atoms with Gasteiger partial charge in [0.15, 0.2) is 0 Å². The number of rotatable bonds is 8. The van der Waals surface area contributed by atoms with Crippen molar-refractivity contribution in [3.63, 3.8) is 0 Å². The lowest BCUT2D eigenvalue weighted by Gasteiger charge is -2.34. The number of aliphatic carboxylic acids is 1. The van der Waals surface area contributed by atoms with Crippen LogP contribution >= 0.6 is 11.8 Å². The topological polar surface area (TPSA) is 40.5 Å². The summed E-state index contributed by atoms with van der Waals surface area (Å²) in [5, 5.41) is 10.5. The first-order chi connectivity index (χ1) is 14.8. The number of halogens is 3. The smallest absolute Gasteiger partial charge is 0.416 e. The van der Waals surface area contributed by atoms with E-state index in [2.05, 4.69) is 4.90 Å². The fraction of sp³-hybridized carbons (Fsp3) is 0.542. The predicted molar refractivity (Wildman–Crippen MR) is 117 cm³/mol. The molecule has 1 aromatic rings. The van der Waals surface area contributed by atoms with Crippen LogP contribution in [0.15, 0.2) is 47.0 Å². The molecule has 0 saturated heterocycles. The molecular formula is C24H28F3NO2S. The molecule has 0 radical (unpaired) electrons. The highest BCUT2D eigenvalue weighted by atomic mass is 32.2. The zero-order valence-corrected chi connectivity index (χ0v) is 18.2. The van der Waals surface area contributed by atoms with Gasteiger partial charge in [-0.15, -0.1) is 11.8 Å². The molecule has 2 aliphatic carbocycles. The Morgan fingerprint density at radius 2 is 1.94 bits per heavy atom. The molecule has 1 aromatic carbocycles. The van der Waals surface area contributed by atoms with E-state index in [9.17, 15) is 23.1 Å². The molecule has 31 heavy (non-hydrogen) atoms. The van der Waals surface area contributed by atoms with Gasteiger partial charge in [-0.3, -0.25) is 0 Å². The second-order valence-corrected chi connectivity index (χ2v) is 10.00. The van der Waals surface area contributed by atoms with Gasteiger partial charge in [-0.1, -0.05) is 24.6 Å². The van der Waals surface area contributed by atoms with E-state index in [1.54, 1.807) is 17.8 Å². The number of benzene rings is 1. The second-order valence-electron chi connectivity index (χ2n) is 8.91. The Bertz CT molecular complexity index is 863. The lowest BCUT2D eigenvalue weighted by Crippen LogP contribution is -2.33. The minimum absolute atomic E-state index is 0.355. The number of thioether (sulfide) groups is 1. The molecule has 0 amide bonds. The SMILES string of the molecule is O=C(O)C1=C(SCCCc2ccc(C(F)(F)F)cc2)N(CC2CC3CCC2C3)CC=C1. The Morgan fingerprint density at radius 3 is 2.55 bits per heavy atom. The summed E-state index contributed by atoms with van der Waals surface area (Å²) < 4.78 is 38.1. The van der Waals surface area contributed by atoms with Crippen molar-refractivity contribution >= 4 is 17.7 Å². The van der Waals surface area contributed by atoms with Gasteiger partial charge in [0.05, 0.1) is 16.2 Å². The molecule has 4 rings (SSSR count). The van der Waals surface area contributed by atoms with Gasteiger partial charge < -0.3 is 10.0 Å². The van der Waals surface area contributed by atoms with E-state index in [1.807, 2.05) is 6.08 Å². The summed E-state index contributed by atoms with van der Waals surface area (Å²) in [7, 11) is 0. The molecule has 168 valence electrons. The van der Waals surface area contributed by atoms with E-state index in [4.69, 9.17) is 0 Å². The molecule has 3 nitrogen and oxygen atoms in total. The molecule has 3 aliphatic rings. The van der Waals surface area contributed by atoms with Crippen molar-refractivity contribution in [1.29, 1.82) is 0 Å². The lowest BCUT2D eigenvalue weighted by atomic mass is 9.88. The number of carboxylic acid groups (broad SMARTS) is 1. The highest BCUT2D eigenvalue weighted by Crippen LogP contribution is 2.49. The summed E-state index contributed by atoms with van der Waals surface area (Å²) in [6.45, 7) is 1.66. The molecule has 0 spiro atoms. The molecule has 1 aliphatic heterocycles. The summed E-state index contributed by atoms with van der Waals surface area (Å²) in [4.78, 5) is 14.0. The number of alkyl halides is 3. The van der Waals surface area contributed by atoms with Crippen LogP contribution in [0.4, 0.5) is 13.2 Å². The highest BCUT2D eigenvalue weighted by Gasteiger charge is 2.40. The maximum atomic E-state index is 12.7. The van der Waals surface area contributed by atoms with Crippen molar-refractivity contribution in [3.05, 3.63) is 58.1 Å². The molecular weight excluding hydrogens is 423 g/mol. The van der Waals surface area contributed by atoms with Gasteiger partial charge in [0.2, 0.25) is 0 Å². The first kappa shape index (κ1) is 22.3. The molecule has 2 saturated carbocycles. The Hall–Kier alpha value is -1.89. The number of hydrogen-bond acceptors (Lipinski definition) is 3. The minimum atomic E-state index is -4.31. The quantitative estimate of drug-likeness (QED) is 0.494. The van der Waals surface area contributed by atoms with E-state index >= 15 is 0 Å². The average Bonchev–Trinajstić information content (AvgIpc) is 3.35. The molecule has 1 N–H and O–H groups in total. The number of carbonyl (C=O) groups is 1. The lowest BCUT2D eigenvalue weighted by molar-refractivity contribution is -0.137. The van der Waals surface area contributed by atoms with Crippen LogP contribution in [-0.4, -0.2) is 34.8 Å². The molecule has 3 atom stereocenters. The molecule has 0 aromatic heterocycles. The van der Waals surface area contributed by atoms with E-state index < -0.39 is 17.7 Å².